The van der Waals surface area contributed by atoms with Crippen LogP contribution in [0.1, 0.15) is 19.3 Å². The van der Waals surface area contributed by atoms with E-state index in [0.29, 0.717) is 5.90 Å². The predicted octanol–water partition coefficient (Wildman–Crippen LogP) is 2.48. The van der Waals surface area contributed by atoms with E-state index in [9.17, 15) is 4.79 Å². The number of nitrogens with zero attached hydrogens (tertiary/aromatic N) is 2. The fourth-order valence-corrected chi connectivity index (χ4v) is 1.60. The molecule has 0 fully saturated rings. The van der Waals surface area contributed by atoms with E-state index in [1.54, 1.807) is 12.2 Å². The van der Waals surface area contributed by atoms with Crippen molar-refractivity contribution < 1.29 is 9.53 Å². The van der Waals surface area contributed by atoms with Gasteiger partial charge in [0, 0.05) is 0 Å². The molecule has 2 rings (SSSR count). The van der Waals surface area contributed by atoms with Crippen LogP contribution in [0, 0.1) is 0 Å². The van der Waals surface area contributed by atoms with Crippen LogP contribution in [0.2, 0.25) is 0 Å². The first-order valence-electron chi connectivity index (χ1n) is 5.52. The van der Waals surface area contributed by atoms with E-state index in [1.165, 1.54) is 11.3 Å². The molecule has 0 spiro atoms. The van der Waals surface area contributed by atoms with Crippen molar-refractivity contribution in [1.29, 1.82) is 0 Å². The molecular formula is C13H14N2O2. The van der Waals surface area contributed by atoms with Crippen LogP contribution in [0.3, 0.4) is 0 Å². The third-order valence-corrected chi connectivity index (χ3v) is 2.39. The summed E-state index contributed by atoms with van der Waals surface area (Å²) in [7, 11) is 0. The van der Waals surface area contributed by atoms with Crippen LogP contribution < -0.4 is 0 Å². The van der Waals surface area contributed by atoms with E-state index in [4.69, 9.17) is 4.74 Å². The highest BCUT2D eigenvalue weighted by Crippen LogP contribution is 2.20. The molecule has 0 radical (unpaired) electrons. The van der Waals surface area contributed by atoms with Crippen LogP contribution in [0.25, 0.3) is 0 Å². The second kappa shape index (κ2) is 5.30. The Morgan fingerprint density at radius 1 is 1.47 bits per heavy atom. The van der Waals surface area contributed by atoms with Gasteiger partial charge in [0.15, 0.2) is 0 Å². The zero-order valence-electron chi connectivity index (χ0n) is 9.50. The van der Waals surface area contributed by atoms with Gasteiger partial charge in [-0.05, 0) is 25.0 Å². The zero-order valence-corrected chi connectivity index (χ0v) is 9.50. The van der Waals surface area contributed by atoms with Crippen LogP contribution in [0.4, 0.5) is 0 Å². The molecule has 4 nitrogen and oxygen atoms in total. The summed E-state index contributed by atoms with van der Waals surface area (Å²) < 4.78 is 5.22. The second-order valence-electron chi connectivity index (χ2n) is 3.67. The number of hydrogen-bond donors (Lipinski definition) is 0. The number of rotatable bonds is 3. The highest BCUT2D eigenvalue weighted by molar-refractivity contribution is 6.02. The molecule has 88 valence electrons. The molecule has 0 unspecified atom stereocenters. The third-order valence-electron chi connectivity index (χ3n) is 2.39. The van der Waals surface area contributed by atoms with E-state index in [2.05, 4.69) is 11.7 Å². The lowest BCUT2D eigenvalue weighted by molar-refractivity contribution is -0.126. The van der Waals surface area contributed by atoms with Gasteiger partial charge in [0.1, 0.15) is 6.42 Å². The summed E-state index contributed by atoms with van der Waals surface area (Å²) in [5.74, 6) is 0.345. The van der Waals surface area contributed by atoms with Gasteiger partial charge in [-0.25, -0.2) is 0 Å². The molecule has 0 bridgehead atoms. The molecule has 1 heterocycles. The third kappa shape index (κ3) is 2.72. The molecule has 0 N–H and O–H groups in total. The maximum absolute atomic E-state index is 11.7. The first-order chi connectivity index (χ1) is 8.31. The minimum atomic E-state index is -0.0650. The number of hydrogen-bond acceptors (Lipinski definition) is 3. The smallest absolute Gasteiger partial charge is 0.256 e. The molecule has 0 atom stereocenters. The van der Waals surface area contributed by atoms with E-state index in [1.807, 2.05) is 18.2 Å². The first-order valence-corrected chi connectivity index (χ1v) is 5.52. The molecule has 0 aromatic carbocycles. The summed E-state index contributed by atoms with van der Waals surface area (Å²) >= 11 is 0. The molecule has 1 amide bonds. The van der Waals surface area contributed by atoms with E-state index in [0.717, 1.165) is 18.5 Å². The maximum Gasteiger partial charge on any atom is 0.256 e. The van der Waals surface area contributed by atoms with E-state index < -0.39 is 0 Å². The van der Waals surface area contributed by atoms with Crippen molar-refractivity contribution in [3.05, 3.63) is 48.9 Å². The first kappa shape index (κ1) is 11.4. The summed E-state index contributed by atoms with van der Waals surface area (Å²) in [6, 6.07) is 0. The summed E-state index contributed by atoms with van der Waals surface area (Å²) in [5, 5.41) is 5.53. The van der Waals surface area contributed by atoms with Crippen LogP contribution in [0.15, 0.2) is 54.0 Å². The standard InChI is InChI=1S/C13H14N2O2/c1-2-3-9-17-12-10-13(16)15(14-12)11-7-5-4-6-8-11/h2-3,5,7-9H,1,4,6,10H2/b9-3-. The van der Waals surface area contributed by atoms with Crippen LogP contribution in [-0.2, 0) is 9.53 Å². The van der Waals surface area contributed by atoms with Crippen molar-refractivity contribution >= 4 is 11.8 Å². The normalized spacial score (nSPS) is 19.5. The van der Waals surface area contributed by atoms with Crippen LogP contribution >= 0.6 is 0 Å². The minimum Gasteiger partial charge on any atom is -0.448 e. The van der Waals surface area contributed by atoms with Crippen LogP contribution in [-0.4, -0.2) is 16.8 Å². The van der Waals surface area contributed by atoms with Crippen molar-refractivity contribution in [3.8, 4) is 0 Å². The molecule has 2 aliphatic rings. The number of amides is 1. The van der Waals surface area contributed by atoms with Gasteiger partial charge < -0.3 is 4.74 Å². The highest BCUT2D eigenvalue weighted by atomic mass is 16.5. The van der Waals surface area contributed by atoms with E-state index >= 15 is 0 Å². The summed E-state index contributed by atoms with van der Waals surface area (Å²) in [4.78, 5) is 11.7. The highest BCUT2D eigenvalue weighted by Gasteiger charge is 2.26. The van der Waals surface area contributed by atoms with Gasteiger partial charge in [-0.15, -0.1) is 5.10 Å². The summed E-state index contributed by atoms with van der Waals surface area (Å²) in [6.07, 6.45) is 12.8. The fourth-order valence-electron chi connectivity index (χ4n) is 1.60. The number of hydrazone groups is 1. The number of allylic oxidation sites excluding steroid dienone is 5. The number of carbonyl (C=O) groups is 1. The van der Waals surface area contributed by atoms with Gasteiger partial charge >= 0.3 is 0 Å². The average Bonchev–Trinajstić information content (AvgIpc) is 2.72. The number of ether oxygens (including phenoxy) is 1. The largest absolute Gasteiger partial charge is 0.448 e. The molecule has 1 aliphatic heterocycles. The van der Waals surface area contributed by atoms with Crippen molar-refractivity contribution in [2.75, 3.05) is 0 Å². The Morgan fingerprint density at radius 2 is 2.35 bits per heavy atom. The second-order valence-corrected chi connectivity index (χ2v) is 3.67. The number of carbonyl (C=O) groups excluding carboxylic acids is 1. The average molecular weight is 230 g/mol. The Morgan fingerprint density at radius 3 is 3.06 bits per heavy atom. The maximum atomic E-state index is 11.7. The minimum absolute atomic E-state index is 0.0650. The Kier molecular flexibility index (Phi) is 3.55. The Bertz CT molecular complexity index is 444. The fraction of sp³-hybridized carbons (Fsp3) is 0.231. The molecule has 1 aliphatic carbocycles. The monoisotopic (exact) mass is 230 g/mol. The van der Waals surface area contributed by atoms with Crippen LogP contribution in [0.5, 0.6) is 0 Å². The van der Waals surface area contributed by atoms with Gasteiger partial charge in [0.25, 0.3) is 5.91 Å². The molecule has 4 heteroatoms. The molecule has 0 aromatic heterocycles. The SMILES string of the molecule is C=C/C=C\OC1=NN(C2=CCCC=C2)C(=O)C1. The lowest BCUT2D eigenvalue weighted by atomic mass is 10.1. The molecular weight excluding hydrogens is 216 g/mol. The molecule has 17 heavy (non-hydrogen) atoms. The van der Waals surface area contributed by atoms with Gasteiger partial charge in [0.05, 0.1) is 12.0 Å². The van der Waals surface area contributed by atoms with Gasteiger partial charge in [-0.1, -0.05) is 24.8 Å². The van der Waals surface area contributed by atoms with Gasteiger partial charge in [-0.2, -0.15) is 5.01 Å². The van der Waals surface area contributed by atoms with Crippen molar-refractivity contribution in [2.24, 2.45) is 5.10 Å². The van der Waals surface area contributed by atoms with Gasteiger partial charge in [-0.3, -0.25) is 4.79 Å². The Balaban J connectivity index is 2.06. The van der Waals surface area contributed by atoms with Crippen molar-refractivity contribution in [3.63, 3.8) is 0 Å². The van der Waals surface area contributed by atoms with Crippen molar-refractivity contribution in [2.45, 2.75) is 19.3 Å². The summed E-state index contributed by atoms with van der Waals surface area (Å²) in [5.41, 5.74) is 0.826. The quantitative estimate of drug-likeness (QED) is 0.552. The molecule has 0 saturated heterocycles. The Hall–Kier alpha value is -2.10. The molecule has 0 saturated carbocycles. The Labute approximate surface area is 100 Å². The van der Waals surface area contributed by atoms with E-state index in [-0.39, 0.29) is 12.3 Å². The predicted molar refractivity (Wildman–Crippen MR) is 65.8 cm³/mol. The topological polar surface area (TPSA) is 41.9 Å². The lowest BCUT2D eigenvalue weighted by Crippen LogP contribution is -2.19. The molecule has 0 aromatic rings. The van der Waals surface area contributed by atoms with Crippen molar-refractivity contribution in [1.82, 2.24) is 5.01 Å². The summed E-state index contributed by atoms with van der Waals surface area (Å²) in [6.45, 7) is 3.53. The van der Waals surface area contributed by atoms with Gasteiger partial charge in [0.2, 0.25) is 5.90 Å². The lowest BCUT2D eigenvalue weighted by Gasteiger charge is -2.14. The zero-order chi connectivity index (χ0) is 12.1.